The van der Waals surface area contributed by atoms with E-state index in [-0.39, 0.29) is 53.9 Å². The van der Waals surface area contributed by atoms with Gasteiger partial charge in [0, 0.05) is 51.3 Å². The fraction of sp³-hybridized carbons (Fsp3) is 0.789. The molecule has 4 rings (SSSR count). The second-order valence-corrected chi connectivity index (χ2v) is 13.3. The molecular weight excluding hydrogens is 428 g/mol. The van der Waals surface area contributed by atoms with Gasteiger partial charge in [0.1, 0.15) is 10.7 Å². The van der Waals surface area contributed by atoms with Gasteiger partial charge in [-0.3, -0.25) is 9.48 Å². The van der Waals surface area contributed by atoms with Crippen LogP contribution in [0.4, 0.5) is 0 Å². The predicted octanol–water partition coefficient (Wildman–Crippen LogP) is 0.842. The number of aryl methyl sites for hydroxylation is 1. The van der Waals surface area contributed by atoms with Crippen LogP contribution in [-0.2, 0) is 31.9 Å². The van der Waals surface area contributed by atoms with Gasteiger partial charge in [0.25, 0.3) is 0 Å². The highest BCUT2D eigenvalue weighted by Crippen LogP contribution is 2.64. The van der Waals surface area contributed by atoms with E-state index in [1.54, 1.807) is 7.05 Å². The SMILES string of the molecule is Cn1cc(S(=O)(=O)N2CCCN(S(=O)(=O)CC34CCC(CC3=O)C4(C)C)CC2)cn1. The van der Waals surface area contributed by atoms with Crippen LogP contribution in [0.15, 0.2) is 17.3 Å². The van der Waals surface area contributed by atoms with E-state index in [1.165, 1.54) is 25.7 Å². The Morgan fingerprint density at radius 3 is 2.33 bits per heavy atom. The molecule has 0 N–H and O–H groups in total. The van der Waals surface area contributed by atoms with E-state index in [0.717, 1.165) is 6.42 Å². The van der Waals surface area contributed by atoms with Crippen LogP contribution in [0, 0.1) is 16.7 Å². The Labute approximate surface area is 178 Å². The summed E-state index contributed by atoms with van der Waals surface area (Å²) in [5, 5.41) is 3.93. The summed E-state index contributed by atoms with van der Waals surface area (Å²) in [5.41, 5.74) is -1.14. The molecule has 2 saturated carbocycles. The van der Waals surface area contributed by atoms with Gasteiger partial charge in [-0.25, -0.2) is 21.1 Å². The highest BCUT2D eigenvalue weighted by molar-refractivity contribution is 7.89. The van der Waals surface area contributed by atoms with Crippen molar-refractivity contribution in [3.63, 3.8) is 0 Å². The maximum absolute atomic E-state index is 13.3. The molecule has 30 heavy (non-hydrogen) atoms. The van der Waals surface area contributed by atoms with Crippen LogP contribution < -0.4 is 0 Å². The third-order valence-corrected chi connectivity index (χ3v) is 11.6. The minimum atomic E-state index is -3.72. The Hall–Kier alpha value is -1.30. The number of carbonyl (C=O) groups is 1. The molecule has 1 aromatic heterocycles. The summed E-state index contributed by atoms with van der Waals surface area (Å²) in [6, 6.07) is 0. The van der Waals surface area contributed by atoms with Gasteiger partial charge in [0.15, 0.2) is 0 Å². The van der Waals surface area contributed by atoms with Gasteiger partial charge < -0.3 is 0 Å². The van der Waals surface area contributed by atoms with Crippen LogP contribution in [0.2, 0.25) is 0 Å². The molecule has 2 aliphatic carbocycles. The van der Waals surface area contributed by atoms with Crippen LogP contribution in [0.1, 0.15) is 39.5 Å². The number of rotatable bonds is 5. The largest absolute Gasteiger partial charge is 0.299 e. The van der Waals surface area contributed by atoms with Crippen molar-refractivity contribution >= 4 is 25.8 Å². The third-order valence-electron chi connectivity index (χ3n) is 7.69. The van der Waals surface area contributed by atoms with Gasteiger partial charge in [-0.15, -0.1) is 0 Å². The molecule has 1 saturated heterocycles. The van der Waals surface area contributed by atoms with Gasteiger partial charge in [-0.05, 0) is 30.6 Å². The van der Waals surface area contributed by atoms with Crippen LogP contribution in [0.5, 0.6) is 0 Å². The number of hydrogen-bond donors (Lipinski definition) is 0. The van der Waals surface area contributed by atoms with Crippen molar-refractivity contribution in [2.75, 3.05) is 31.9 Å². The zero-order valence-corrected chi connectivity index (χ0v) is 19.4. The summed E-state index contributed by atoms with van der Waals surface area (Å²) in [4.78, 5) is 12.9. The molecule has 2 heterocycles. The number of Topliss-reactive ketones (excluding diaryl/α,β-unsaturated/α-hetero) is 1. The van der Waals surface area contributed by atoms with Crippen molar-refractivity contribution in [2.45, 2.75) is 44.4 Å². The number of carbonyl (C=O) groups excluding carboxylic acids is 1. The summed E-state index contributed by atoms with van der Waals surface area (Å²) in [6.07, 6.45) is 5.14. The van der Waals surface area contributed by atoms with Gasteiger partial charge in [0.2, 0.25) is 20.0 Å². The number of aromatic nitrogens is 2. The Kier molecular flexibility index (Phi) is 5.19. The zero-order valence-electron chi connectivity index (χ0n) is 17.7. The first-order valence-corrected chi connectivity index (χ1v) is 13.4. The molecule has 0 spiro atoms. The molecule has 9 nitrogen and oxygen atoms in total. The first-order chi connectivity index (χ1) is 13.9. The highest BCUT2D eigenvalue weighted by Gasteiger charge is 2.65. The lowest BCUT2D eigenvalue weighted by Crippen LogP contribution is -2.47. The molecule has 0 radical (unpaired) electrons. The monoisotopic (exact) mass is 458 g/mol. The van der Waals surface area contributed by atoms with Crippen LogP contribution in [0.25, 0.3) is 0 Å². The first-order valence-electron chi connectivity index (χ1n) is 10.4. The number of sulfonamides is 2. The molecule has 2 bridgehead atoms. The van der Waals surface area contributed by atoms with E-state index in [2.05, 4.69) is 5.10 Å². The third kappa shape index (κ3) is 3.25. The fourth-order valence-electron chi connectivity index (χ4n) is 5.58. The normalized spacial score (nSPS) is 30.6. The molecular formula is C19H30N4O5S2. The smallest absolute Gasteiger partial charge is 0.246 e. The fourth-order valence-corrected chi connectivity index (χ4v) is 9.29. The summed E-state index contributed by atoms with van der Waals surface area (Å²) >= 11 is 0. The summed E-state index contributed by atoms with van der Waals surface area (Å²) < 4.78 is 56.6. The zero-order chi connectivity index (χ0) is 21.9. The van der Waals surface area contributed by atoms with Crippen molar-refractivity contribution in [1.82, 2.24) is 18.4 Å². The Bertz CT molecular complexity index is 1060. The number of ketones is 1. The first kappa shape index (κ1) is 21.9. The lowest BCUT2D eigenvalue weighted by molar-refractivity contribution is -0.128. The number of fused-ring (bicyclic) bond motifs is 2. The van der Waals surface area contributed by atoms with E-state index in [4.69, 9.17) is 0 Å². The molecule has 2 atom stereocenters. The Balaban J connectivity index is 1.51. The van der Waals surface area contributed by atoms with E-state index in [1.807, 2.05) is 13.8 Å². The molecule has 3 aliphatic rings. The molecule has 1 aromatic rings. The minimum absolute atomic E-state index is 0.0722. The standard InChI is InChI=1S/C19H30N4O5S2/c1-18(2)15-5-6-19(18,17(24)11-15)14-29(25,26)22-7-4-8-23(10-9-22)30(27,28)16-12-20-21(3)13-16/h12-13,15H,4-11,14H2,1-3H3. The summed E-state index contributed by atoms with van der Waals surface area (Å²) in [7, 11) is -5.76. The van der Waals surface area contributed by atoms with Crippen molar-refractivity contribution in [3.8, 4) is 0 Å². The average Bonchev–Trinajstić information content (AvgIpc) is 3.13. The molecule has 2 unspecified atom stereocenters. The maximum Gasteiger partial charge on any atom is 0.246 e. The van der Waals surface area contributed by atoms with E-state index < -0.39 is 25.5 Å². The van der Waals surface area contributed by atoms with Crippen molar-refractivity contribution in [2.24, 2.45) is 23.8 Å². The van der Waals surface area contributed by atoms with Crippen LogP contribution in [0.3, 0.4) is 0 Å². The Morgan fingerprint density at radius 2 is 1.77 bits per heavy atom. The topological polar surface area (TPSA) is 110 Å². The average molecular weight is 459 g/mol. The lowest BCUT2D eigenvalue weighted by Gasteiger charge is -2.37. The van der Waals surface area contributed by atoms with Crippen LogP contribution >= 0.6 is 0 Å². The highest BCUT2D eigenvalue weighted by atomic mass is 32.2. The quantitative estimate of drug-likeness (QED) is 0.647. The second kappa shape index (κ2) is 7.11. The van der Waals surface area contributed by atoms with E-state index in [9.17, 15) is 21.6 Å². The van der Waals surface area contributed by atoms with Crippen molar-refractivity contribution in [1.29, 1.82) is 0 Å². The number of hydrogen-bond acceptors (Lipinski definition) is 6. The van der Waals surface area contributed by atoms with Crippen LogP contribution in [-0.4, -0.2) is 72.9 Å². The van der Waals surface area contributed by atoms with Gasteiger partial charge in [0.05, 0.1) is 11.9 Å². The molecule has 0 amide bonds. The van der Waals surface area contributed by atoms with Crippen molar-refractivity contribution in [3.05, 3.63) is 12.4 Å². The number of nitrogens with zero attached hydrogens (tertiary/aromatic N) is 4. The maximum atomic E-state index is 13.3. The molecule has 1 aliphatic heterocycles. The molecule has 11 heteroatoms. The minimum Gasteiger partial charge on any atom is -0.299 e. The molecule has 3 fully saturated rings. The Morgan fingerprint density at radius 1 is 1.10 bits per heavy atom. The van der Waals surface area contributed by atoms with Gasteiger partial charge in [-0.2, -0.15) is 9.40 Å². The molecule has 168 valence electrons. The van der Waals surface area contributed by atoms with Gasteiger partial charge in [-0.1, -0.05) is 13.8 Å². The van der Waals surface area contributed by atoms with Gasteiger partial charge >= 0.3 is 0 Å². The lowest BCUT2D eigenvalue weighted by atomic mass is 9.70. The molecule has 0 aromatic carbocycles. The van der Waals surface area contributed by atoms with Crippen molar-refractivity contribution < 1.29 is 21.6 Å². The van der Waals surface area contributed by atoms with E-state index in [0.29, 0.717) is 19.3 Å². The summed E-state index contributed by atoms with van der Waals surface area (Å²) in [5.74, 6) is 0.157. The summed E-state index contributed by atoms with van der Waals surface area (Å²) in [6.45, 7) is 4.74. The predicted molar refractivity (Wildman–Crippen MR) is 111 cm³/mol. The van der Waals surface area contributed by atoms with E-state index >= 15 is 0 Å². The second-order valence-electron chi connectivity index (χ2n) is 9.43.